The zero-order valence-corrected chi connectivity index (χ0v) is 7.28. The fourth-order valence-corrected chi connectivity index (χ4v) is 1.20. The summed E-state index contributed by atoms with van der Waals surface area (Å²) in [6, 6.07) is 4.15. The molecule has 1 radical (unpaired) electrons. The second-order valence-corrected chi connectivity index (χ2v) is 2.84. The predicted octanol–water partition coefficient (Wildman–Crippen LogP) is 3.45. The lowest BCUT2D eigenvalue weighted by Gasteiger charge is -2.11. The molecule has 0 bridgehead atoms. The second-order valence-electron chi connectivity index (χ2n) is 2.84. The first kappa shape index (κ1) is 10.1. The second kappa shape index (κ2) is 3.40. The largest absolute Gasteiger partial charge is 0.416 e. The van der Waals surface area contributed by atoms with Crippen molar-refractivity contribution in [2.24, 2.45) is 0 Å². The lowest BCUT2D eigenvalue weighted by atomic mass is 10.0. The van der Waals surface area contributed by atoms with E-state index in [2.05, 4.69) is 6.92 Å². The smallest absolute Gasteiger partial charge is 0.166 e. The molecule has 0 atom stereocenters. The van der Waals surface area contributed by atoms with Crippen LogP contribution >= 0.6 is 0 Å². The molecule has 0 fully saturated rings. The lowest BCUT2D eigenvalue weighted by molar-refractivity contribution is -0.138. The van der Waals surface area contributed by atoms with Crippen LogP contribution in [0.25, 0.3) is 0 Å². The average molecular weight is 187 g/mol. The van der Waals surface area contributed by atoms with Crippen LogP contribution in [-0.2, 0) is 12.6 Å². The summed E-state index contributed by atoms with van der Waals surface area (Å²) in [4.78, 5) is 0. The number of halogens is 3. The van der Waals surface area contributed by atoms with Crippen molar-refractivity contribution in [2.75, 3.05) is 0 Å². The molecule has 0 saturated carbocycles. The highest BCUT2D eigenvalue weighted by Gasteiger charge is 2.32. The van der Waals surface area contributed by atoms with Crippen molar-refractivity contribution in [1.29, 1.82) is 0 Å². The molecule has 0 nitrogen and oxygen atoms in total. The summed E-state index contributed by atoms with van der Waals surface area (Å²) in [7, 11) is 0. The Morgan fingerprint density at radius 3 is 2.38 bits per heavy atom. The van der Waals surface area contributed by atoms with Gasteiger partial charge < -0.3 is 0 Å². The molecule has 0 unspecified atom stereocenters. The standard InChI is InChI=1S/C10H10F3/c1-3-8-5-4-7(2)6-9(8)10(11,12)13/h4-6H,2-3H2,1H3. The van der Waals surface area contributed by atoms with Crippen molar-refractivity contribution >= 4 is 0 Å². The van der Waals surface area contributed by atoms with Gasteiger partial charge in [0.15, 0.2) is 0 Å². The molecule has 0 aromatic heterocycles. The Morgan fingerprint density at radius 1 is 1.31 bits per heavy atom. The van der Waals surface area contributed by atoms with Crippen LogP contribution in [0.1, 0.15) is 23.6 Å². The Labute approximate surface area is 75.4 Å². The van der Waals surface area contributed by atoms with Crippen molar-refractivity contribution in [3.05, 3.63) is 41.8 Å². The fraction of sp³-hybridized carbons (Fsp3) is 0.300. The van der Waals surface area contributed by atoms with Gasteiger partial charge in [0.2, 0.25) is 0 Å². The minimum absolute atomic E-state index is 0.319. The molecular formula is C10H10F3. The van der Waals surface area contributed by atoms with E-state index < -0.39 is 11.7 Å². The number of aryl methyl sites for hydroxylation is 1. The average Bonchev–Trinajstić information content (AvgIpc) is 2.03. The summed E-state index contributed by atoms with van der Waals surface area (Å²) in [6.07, 6.45) is -3.88. The molecule has 3 heteroatoms. The van der Waals surface area contributed by atoms with Crippen LogP contribution in [0.5, 0.6) is 0 Å². The van der Waals surface area contributed by atoms with Gasteiger partial charge in [0.25, 0.3) is 0 Å². The third-order valence-corrected chi connectivity index (χ3v) is 1.86. The Hall–Kier alpha value is -0.990. The van der Waals surface area contributed by atoms with E-state index in [-0.39, 0.29) is 0 Å². The van der Waals surface area contributed by atoms with E-state index in [9.17, 15) is 13.2 Å². The molecule has 1 aromatic carbocycles. The highest BCUT2D eigenvalue weighted by atomic mass is 19.4. The molecule has 1 rings (SSSR count). The van der Waals surface area contributed by atoms with Crippen LogP contribution in [0.2, 0.25) is 0 Å². The maximum atomic E-state index is 12.4. The normalized spacial score (nSPS) is 11.8. The highest BCUT2D eigenvalue weighted by molar-refractivity contribution is 5.35. The van der Waals surface area contributed by atoms with Crippen LogP contribution in [0, 0.1) is 6.92 Å². The Bertz CT molecular complexity index is 300. The molecule has 0 N–H and O–H groups in total. The van der Waals surface area contributed by atoms with Crippen molar-refractivity contribution in [2.45, 2.75) is 19.5 Å². The number of hydrogen-bond donors (Lipinski definition) is 0. The van der Waals surface area contributed by atoms with Crippen molar-refractivity contribution in [3.63, 3.8) is 0 Å². The number of alkyl halides is 3. The van der Waals surface area contributed by atoms with Gasteiger partial charge in [-0.3, -0.25) is 0 Å². The van der Waals surface area contributed by atoms with Gasteiger partial charge in [0, 0.05) is 0 Å². The zero-order chi connectivity index (χ0) is 10.1. The minimum Gasteiger partial charge on any atom is -0.166 e. The molecule has 0 heterocycles. The van der Waals surface area contributed by atoms with E-state index in [1.54, 1.807) is 13.0 Å². The Morgan fingerprint density at radius 2 is 1.92 bits per heavy atom. The fourth-order valence-electron chi connectivity index (χ4n) is 1.20. The summed E-state index contributed by atoms with van der Waals surface area (Å²) in [5.41, 5.74) is 0.145. The molecular weight excluding hydrogens is 177 g/mol. The van der Waals surface area contributed by atoms with Gasteiger partial charge in [0.1, 0.15) is 0 Å². The Kier molecular flexibility index (Phi) is 2.64. The van der Waals surface area contributed by atoms with Gasteiger partial charge in [-0.25, -0.2) is 0 Å². The number of hydrogen-bond acceptors (Lipinski definition) is 0. The lowest BCUT2D eigenvalue weighted by Crippen LogP contribution is -2.08. The van der Waals surface area contributed by atoms with Crippen molar-refractivity contribution in [1.82, 2.24) is 0 Å². The van der Waals surface area contributed by atoms with Gasteiger partial charge in [-0.1, -0.05) is 19.1 Å². The third kappa shape index (κ3) is 2.23. The third-order valence-electron chi connectivity index (χ3n) is 1.86. The molecule has 0 spiro atoms. The Balaban J connectivity index is 3.24. The van der Waals surface area contributed by atoms with Gasteiger partial charge in [-0.15, -0.1) is 0 Å². The van der Waals surface area contributed by atoms with Gasteiger partial charge >= 0.3 is 6.18 Å². The van der Waals surface area contributed by atoms with E-state index >= 15 is 0 Å². The molecule has 0 aliphatic carbocycles. The highest BCUT2D eigenvalue weighted by Crippen LogP contribution is 2.32. The maximum absolute atomic E-state index is 12.4. The summed E-state index contributed by atoms with van der Waals surface area (Å²) < 4.78 is 37.2. The van der Waals surface area contributed by atoms with Crippen LogP contribution in [0.4, 0.5) is 13.2 Å². The van der Waals surface area contributed by atoms with Crippen molar-refractivity contribution in [3.8, 4) is 0 Å². The molecule has 71 valence electrons. The monoisotopic (exact) mass is 187 g/mol. The minimum atomic E-state index is -4.26. The first-order valence-corrected chi connectivity index (χ1v) is 3.97. The first-order chi connectivity index (χ1) is 5.95. The molecule has 0 amide bonds. The van der Waals surface area contributed by atoms with Crippen LogP contribution in [0.3, 0.4) is 0 Å². The van der Waals surface area contributed by atoms with E-state index in [1.807, 2.05) is 0 Å². The van der Waals surface area contributed by atoms with Crippen LogP contribution in [0.15, 0.2) is 18.2 Å². The number of benzene rings is 1. The summed E-state index contributed by atoms with van der Waals surface area (Å²) >= 11 is 0. The summed E-state index contributed by atoms with van der Waals surface area (Å²) in [6.45, 7) is 5.17. The topological polar surface area (TPSA) is 0 Å². The predicted molar refractivity (Wildman–Crippen MR) is 45.3 cm³/mol. The van der Waals surface area contributed by atoms with Crippen molar-refractivity contribution < 1.29 is 13.2 Å². The maximum Gasteiger partial charge on any atom is 0.416 e. The van der Waals surface area contributed by atoms with Crippen LogP contribution in [-0.4, -0.2) is 0 Å². The first-order valence-electron chi connectivity index (χ1n) is 3.97. The molecule has 0 saturated heterocycles. The molecule has 13 heavy (non-hydrogen) atoms. The van der Waals surface area contributed by atoms with E-state index in [4.69, 9.17) is 0 Å². The van der Waals surface area contributed by atoms with Gasteiger partial charge in [-0.2, -0.15) is 13.2 Å². The van der Waals surface area contributed by atoms with E-state index in [0.717, 1.165) is 6.07 Å². The zero-order valence-electron chi connectivity index (χ0n) is 7.28. The van der Waals surface area contributed by atoms with E-state index in [1.165, 1.54) is 6.07 Å². The summed E-state index contributed by atoms with van der Waals surface area (Å²) in [5, 5.41) is 0. The van der Waals surface area contributed by atoms with Crippen LogP contribution < -0.4 is 0 Å². The van der Waals surface area contributed by atoms with Gasteiger partial charge in [-0.05, 0) is 30.5 Å². The van der Waals surface area contributed by atoms with Gasteiger partial charge in [0.05, 0.1) is 5.56 Å². The molecule has 1 aromatic rings. The molecule has 0 aliphatic rings. The summed E-state index contributed by atoms with van der Waals surface area (Å²) in [5.74, 6) is 0. The SMILES string of the molecule is [CH2]c1ccc(CC)c(C(F)(F)F)c1. The molecule has 0 aliphatic heterocycles. The quantitative estimate of drug-likeness (QED) is 0.631. The number of rotatable bonds is 1. The van der Waals surface area contributed by atoms with E-state index in [0.29, 0.717) is 17.5 Å².